The van der Waals surface area contributed by atoms with Gasteiger partial charge >= 0.3 is 0 Å². The normalized spacial score (nSPS) is 14.9. The molecule has 146 valence electrons. The Morgan fingerprint density at radius 3 is 2.52 bits per heavy atom. The summed E-state index contributed by atoms with van der Waals surface area (Å²) in [5.41, 5.74) is 4.95. The molecule has 0 spiro atoms. The minimum absolute atomic E-state index is 0.359. The smallest absolute Gasteiger partial charge is 0.222 e. The van der Waals surface area contributed by atoms with E-state index in [0.717, 1.165) is 54.2 Å². The fourth-order valence-electron chi connectivity index (χ4n) is 3.62. The summed E-state index contributed by atoms with van der Waals surface area (Å²) >= 11 is 0. The van der Waals surface area contributed by atoms with E-state index < -0.39 is 0 Å². The van der Waals surface area contributed by atoms with Crippen molar-refractivity contribution in [1.29, 1.82) is 0 Å². The van der Waals surface area contributed by atoms with Crippen LogP contribution in [0.3, 0.4) is 0 Å². The van der Waals surface area contributed by atoms with Crippen LogP contribution in [-0.4, -0.2) is 43.8 Å². The Balaban J connectivity index is 1.52. The molecular weight excluding hydrogens is 364 g/mol. The first-order valence-electron chi connectivity index (χ1n) is 9.84. The molecule has 0 bridgehead atoms. The van der Waals surface area contributed by atoms with E-state index in [1.165, 1.54) is 5.56 Å². The van der Waals surface area contributed by atoms with Gasteiger partial charge in [0.15, 0.2) is 0 Å². The second-order valence-electron chi connectivity index (χ2n) is 7.30. The lowest BCUT2D eigenvalue weighted by Gasteiger charge is -2.22. The zero-order valence-electron chi connectivity index (χ0n) is 16.2. The van der Waals surface area contributed by atoms with Crippen LogP contribution in [0.5, 0.6) is 0 Å². The third-order valence-electron chi connectivity index (χ3n) is 5.21. The molecule has 0 radical (unpaired) electrons. The first-order valence-corrected chi connectivity index (χ1v) is 9.84. The maximum atomic E-state index is 5.41. The monoisotopic (exact) mass is 386 g/mol. The van der Waals surface area contributed by atoms with E-state index >= 15 is 0 Å². The van der Waals surface area contributed by atoms with Gasteiger partial charge in [-0.15, -0.1) is 0 Å². The molecule has 1 aliphatic heterocycles. The molecule has 4 heterocycles. The van der Waals surface area contributed by atoms with Crippen LogP contribution < -0.4 is 5.32 Å². The Morgan fingerprint density at radius 2 is 1.76 bits per heavy atom. The zero-order chi connectivity index (χ0) is 19.6. The first kappa shape index (κ1) is 17.8. The highest BCUT2D eigenvalue weighted by molar-refractivity contribution is 5.82. The number of pyridine rings is 1. The molecule has 4 aromatic rings. The van der Waals surface area contributed by atoms with Crippen molar-refractivity contribution >= 4 is 17.0 Å². The highest BCUT2D eigenvalue weighted by Gasteiger charge is 2.17. The number of nitrogens with zero attached hydrogens (tertiary/aromatic N) is 5. The summed E-state index contributed by atoms with van der Waals surface area (Å²) in [7, 11) is 0. The maximum Gasteiger partial charge on any atom is 0.222 e. The third-order valence-corrected chi connectivity index (χ3v) is 5.21. The summed E-state index contributed by atoms with van der Waals surface area (Å²) in [6.07, 6.45) is 9.20. The fourth-order valence-corrected chi connectivity index (χ4v) is 3.62. The number of anilines is 1. The molecule has 0 amide bonds. The number of benzene rings is 1. The number of aromatic nitrogens is 5. The van der Waals surface area contributed by atoms with E-state index in [1.54, 1.807) is 6.20 Å². The van der Waals surface area contributed by atoms with Gasteiger partial charge in [-0.3, -0.25) is 9.55 Å². The Labute approximate surface area is 168 Å². The van der Waals surface area contributed by atoms with E-state index in [4.69, 9.17) is 9.72 Å². The van der Waals surface area contributed by atoms with Gasteiger partial charge in [-0.2, -0.15) is 0 Å². The predicted molar refractivity (Wildman–Crippen MR) is 112 cm³/mol. The Bertz CT molecular complexity index is 1110. The van der Waals surface area contributed by atoms with Gasteiger partial charge in [0.2, 0.25) is 5.95 Å². The standard InChI is InChI=1S/C22H22N6O/c1-15-2-4-18(5-3-15)28-20-14-23-9-6-19(20)27-21(28)16-12-24-22(25-13-16)26-17-7-10-29-11-8-17/h2-6,9,12-14,17H,7-8,10-11H2,1H3,(H,24,25,26). The minimum atomic E-state index is 0.359. The number of aryl methyl sites for hydroxylation is 1. The highest BCUT2D eigenvalue weighted by atomic mass is 16.5. The van der Waals surface area contributed by atoms with Gasteiger partial charge in [0.05, 0.1) is 22.8 Å². The predicted octanol–water partition coefficient (Wildman–Crippen LogP) is 3.78. The lowest BCUT2D eigenvalue weighted by atomic mass is 10.1. The molecule has 1 aromatic carbocycles. The molecule has 3 aromatic heterocycles. The van der Waals surface area contributed by atoms with Gasteiger partial charge in [0.25, 0.3) is 0 Å². The molecule has 0 unspecified atom stereocenters. The van der Waals surface area contributed by atoms with Gasteiger partial charge in [-0.1, -0.05) is 17.7 Å². The molecule has 1 saturated heterocycles. The quantitative estimate of drug-likeness (QED) is 0.575. The number of imidazole rings is 1. The second kappa shape index (κ2) is 7.60. The van der Waals surface area contributed by atoms with Crippen LogP contribution in [0.1, 0.15) is 18.4 Å². The summed E-state index contributed by atoms with van der Waals surface area (Å²) in [5.74, 6) is 1.44. The van der Waals surface area contributed by atoms with Gasteiger partial charge in [-0.05, 0) is 38.0 Å². The molecular formula is C22H22N6O. The number of nitrogens with one attached hydrogen (secondary N) is 1. The minimum Gasteiger partial charge on any atom is -0.381 e. The van der Waals surface area contributed by atoms with Crippen molar-refractivity contribution in [3.05, 3.63) is 60.7 Å². The second-order valence-corrected chi connectivity index (χ2v) is 7.30. The van der Waals surface area contributed by atoms with Crippen LogP contribution in [0.15, 0.2) is 55.1 Å². The van der Waals surface area contributed by atoms with Crippen LogP contribution >= 0.6 is 0 Å². The van der Waals surface area contributed by atoms with Crippen LogP contribution in [0.25, 0.3) is 28.1 Å². The maximum absolute atomic E-state index is 5.41. The van der Waals surface area contributed by atoms with Crippen molar-refractivity contribution < 1.29 is 4.74 Å². The largest absolute Gasteiger partial charge is 0.381 e. The number of hydrogen-bond donors (Lipinski definition) is 1. The lowest BCUT2D eigenvalue weighted by molar-refractivity contribution is 0.0903. The number of fused-ring (bicyclic) bond motifs is 1. The summed E-state index contributed by atoms with van der Waals surface area (Å²) in [5, 5.41) is 3.40. The fraction of sp³-hybridized carbons (Fsp3) is 0.273. The highest BCUT2D eigenvalue weighted by Crippen LogP contribution is 2.28. The first-order chi connectivity index (χ1) is 14.3. The Hall–Kier alpha value is -3.32. The van der Waals surface area contributed by atoms with Gasteiger partial charge in [-0.25, -0.2) is 15.0 Å². The van der Waals surface area contributed by atoms with Crippen LogP contribution in [0.2, 0.25) is 0 Å². The number of rotatable bonds is 4. The van der Waals surface area contributed by atoms with E-state index in [-0.39, 0.29) is 0 Å². The van der Waals surface area contributed by atoms with Crippen LogP contribution in [0.4, 0.5) is 5.95 Å². The van der Waals surface area contributed by atoms with Crippen molar-refractivity contribution in [1.82, 2.24) is 24.5 Å². The zero-order valence-corrected chi connectivity index (χ0v) is 16.2. The molecule has 7 heteroatoms. The summed E-state index contributed by atoms with van der Waals surface area (Å²) in [6, 6.07) is 10.7. The number of hydrogen-bond acceptors (Lipinski definition) is 6. The SMILES string of the molecule is Cc1ccc(-n2c(-c3cnc(NC4CCOCC4)nc3)nc3ccncc32)cc1. The van der Waals surface area contributed by atoms with Crippen molar-refractivity contribution in [3.63, 3.8) is 0 Å². The number of ether oxygens (including phenoxy) is 1. The van der Waals surface area contributed by atoms with E-state index in [2.05, 4.69) is 56.0 Å². The third kappa shape index (κ3) is 3.56. The average molecular weight is 386 g/mol. The van der Waals surface area contributed by atoms with Crippen molar-refractivity contribution in [2.75, 3.05) is 18.5 Å². The van der Waals surface area contributed by atoms with Crippen molar-refractivity contribution in [3.8, 4) is 17.1 Å². The van der Waals surface area contributed by atoms with E-state index in [0.29, 0.717) is 12.0 Å². The summed E-state index contributed by atoms with van der Waals surface area (Å²) in [4.78, 5) is 18.2. The molecule has 5 rings (SSSR count). The molecule has 1 fully saturated rings. The van der Waals surface area contributed by atoms with Crippen LogP contribution in [0, 0.1) is 6.92 Å². The molecule has 1 N–H and O–H groups in total. The summed E-state index contributed by atoms with van der Waals surface area (Å²) in [6.45, 7) is 3.64. The van der Waals surface area contributed by atoms with Crippen molar-refractivity contribution in [2.45, 2.75) is 25.8 Å². The lowest BCUT2D eigenvalue weighted by Crippen LogP contribution is -2.28. The molecule has 0 atom stereocenters. The van der Waals surface area contributed by atoms with Crippen molar-refractivity contribution in [2.24, 2.45) is 0 Å². The van der Waals surface area contributed by atoms with Gasteiger partial charge in [0.1, 0.15) is 5.82 Å². The van der Waals surface area contributed by atoms with Gasteiger partial charge in [0, 0.05) is 43.5 Å². The van der Waals surface area contributed by atoms with Crippen LogP contribution in [-0.2, 0) is 4.74 Å². The summed E-state index contributed by atoms with van der Waals surface area (Å²) < 4.78 is 7.51. The van der Waals surface area contributed by atoms with E-state index in [9.17, 15) is 0 Å². The van der Waals surface area contributed by atoms with Gasteiger partial charge < -0.3 is 10.1 Å². The molecule has 1 aliphatic rings. The Morgan fingerprint density at radius 1 is 1.00 bits per heavy atom. The molecule has 0 aliphatic carbocycles. The van der Waals surface area contributed by atoms with E-state index in [1.807, 2.05) is 24.7 Å². The Kier molecular flexibility index (Phi) is 4.65. The molecule has 7 nitrogen and oxygen atoms in total. The molecule has 29 heavy (non-hydrogen) atoms. The molecule has 0 saturated carbocycles. The average Bonchev–Trinajstić information content (AvgIpc) is 3.15. The topological polar surface area (TPSA) is 77.8 Å².